The molecule has 0 unspecified atom stereocenters. The standard InChI is InChI=1S/C41H26N4/c1-3-19-32-26(13-1)27-14-2-4-20-33(27)40(32)41-42-38(44-34-21-9-5-15-28(34)29-16-6-10-22-35(29)44)25-39(43-41)45-36-23-11-7-17-30(36)31-18-8-12-24-37(31)45/h1-25,40H. The van der Waals surface area contributed by atoms with Crippen LogP contribution in [0.4, 0.5) is 0 Å². The zero-order chi connectivity index (χ0) is 29.5. The lowest BCUT2D eigenvalue weighted by Crippen LogP contribution is -2.12. The molecular weight excluding hydrogens is 548 g/mol. The first kappa shape index (κ1) is 24.4. The Morgan fingerprint density at radius 3 is 1.11 bits per heavy atom. The molecule has 9 aromatic rings. The van der Waals surface area contributed by atoms with E-state index < -0.39 is 0 Å². The highest BCUT2D eigenvalue weighted by atomic mass is 15.1. The van der Waals surface area contributed by atoms with Gasteiger partial charge in [0.25, 0.3) is 0 Å². The van der Waals surface area contributed by atoms with Crippen molar-refractivity contribution < 1.29 is 0 Å². The maximum absolute atomic E-state index is 5.46. The van der Waals surface area contributed by atoms with Crippen LogP contribution >= 0.6 is 0 Å². The summed E-state index contributed by atoms with van der Waals surface area (Å²) in [6.07, 6.45) is 0. The van der Waals surface area contributed by atoms with E-state index in [1.807, 2.05) is 0 Å². The summed E-state index contributed by atoms with van der Waals surface area (Å²) in [5.74, 6) is 2.42. The second kappa shape index (κ2) is 9.25. The largest absolute Gasteiger partial charge is 0.294 e. The summed E-state index contributed by atoms with van der Waals surface area (Å²) in [5, 5.41) is 4.85. The molecule has 210 valence electrons. The first-order chi connectivity index (χ1) is 22.3. The summed E-state index contributed by atoms with van der Waals surface area (Å²) in [4.78, 5) is 10.9. The molecule has 1 aliphatic rings. The lowest BCUT2D eigenvalue weighted by Gasteiger charge is -2.18. The minimum atomic E-state index is -0.0859. The molecule has 0 N–H and O–H groups in total. The number of benzene rings is 6. The van der Waals surface area contributed by atoms with Gasteiger partial charge in [-0.25, -0.2) is 9.97 Å². The molecule has 0 saturated heterocycles. The van der Waals surface area contributed by atoms with E-state index in [0.29, 0.717) is 0 Å². The van der Waals surface area contributed by atoms with E-state index in [2.05, 4.69) is 161 Å². The van der Waals surface area contributed by atoms with E-state index in [0.717, 1.165) is 39.5 Å². The van der Waals surface area contributed by atoms with Crippen molar-refractivity contribution in [2.24, 2.45) is 0 Å². The number of rotatable bonds is 3. The second-order valence-corrected chi connectivity index (χ2v) is 11.8. The Balaban J connectivity index is 1.34. The Hall–Kier alpha value is -6.00. The highest BCUT2D eigenvalue weighted by Crippen LogP contribution is 2.47. The number of hydrogen-bond donors (Lipinski definition) is 0. The number of para-hydroxylation sites is 4. The van der Waals surface area contributed by atoms with Crippen LogP contribution in [0, 0.1) is 0 Å². The van der Waals surface area contributed by atoms with Gasteiger partial charge in [0.15, 0.2) is 0 Å². The monoisotopic (exact) mass is 574 g/mol. The number of aromatic nitrogens is 4. The predicted molar refractivity (Wildman–Crippen MR) is 184 cm³/mol. The molecule has 0 aliphatic heterocycles. The number of hydrogen-bond acceptors (Lipinski definition) is 2. The van der Waals surface area contributed by atoms with Crippen LogP contribution in [0.15, 0.2) is 152 Å². The van der Waals surface area contributed by atoms with Gasteiger partial charge in [-0.05, 0) is 46.5 Å². The van der Waals surface area contributed by atoms with Crippen LogP contribution in [0.5, 0.6) is 0 Å². The van der Waals surface area contributed by atoms with E-state index in [9.17, 15) is 0 Å². The van der Waals surface area contributed by atoms with Crippen LogP contribution in [-0.4, -0.2) is 19.1 Å². The summed E-state index contributed by atoms with van der Waals surface area (Å²) in [6.45, 7) is 0. The third-order valence-corrected chi connectivity index (χ3v) is 9.43. The SMILES string of the molecule is c1ccc2c(c1)-c1ccccc1C2c1nc(-n2c3ccccc3c3ccccc32)cc(-n2c3ccccc3c3ccccc32)n1. The van der Waals surface area contributed by atoms with Crippen molar-refractivity contribution in [2.45, 2.75) is 5.92 Å². The molecule has 1 aliphatic carbocycles. The van der Waals surface area contributed by atoms with Crippen molar-refractivity contribution in [1.82, 2.24) is 19.1 Å². The van der Waals surface area contributed by atoms with Crippen molar-refractivity contribution in [1.29, 1.82) is 0 Å². The highest BCUT2D eigenvalue weighted by Gasteiger charge is 2.32. The average molecular weight is 575 g/mol. The van der Waals surface area contributed by atoms with E-state index >= 15 is 0 Å². The molecule has 0 spiro atoms. The molecule has 4 heteroatoms. The third kappa shape index (κ3) is 3.42. The van der Waals surface area contributed by atoms with E-state index in [1.165, 1.54) is 43.8 Å². The average Bonchev–Trinajstić information content (AvgIpc) is 3.74. The van der Waals surface area contributed by atoms with Gasteiger partial charge in [-0.15, -0.1) is 0 Å². The van der Waals surface area contributed by atoms with Gasteiger partial charge in [-0.2, -0.15) is 0 Å². The maximum Gasteiger partial charge on any atom is 0.145 e. The van der Waals surface area contributed by atoms with Gasteiger partial charge in [-0.1, -0.05) is 121 Å². The van der Waals surface area contributed by atoms with Gasteiger partial charge in [-0.3, -0.25) is 9.13 Å². The second-order valence-electron chi connectivity index (χ2n) is 11.8. The predicted octanol–water partition coefficient (Wildman–Crippen LogP) is 9.83. The molecule has 3 heterocycles. The topological polar surface area (TPSA) is 35.6 Å². The van der Waals surface area contributed by atoms with Gasteiger partial charge in [0.1, 0.15) is 17.5 Å². The van der Waals surface area contributed by atoms with Crippen LogP contribution in [0.25, 0.3) is 66.4 Å². The van der Waals surface area contributed by atoms with Gasteiger partial charge in [0.2, 0.25) is 0 Å². The zero-order valence-electron chi connectivity index (χ0n) is 24.3. The molecule has 3 aromatic heterocycles. The Kier molecular flexibility index (Phi) is 5.02. The minimum absolute atomic E-state index is 0.0859. The Morgan fingerprint density at radius 2 is 0.711 bits per heavy atom. The Labute approximate surface area is 259 Å². The van der Waals surface area contributed by atoms with Crippen LogP contribution < -0.4 is 0 Å². The molecule has 0 atom stereocenters. The van der Waals surface area contributed by atoms with Crippen molar-refractivity contribution in [3.05, 3.63) is 169 Å². The fourth-order valence-electron chi connectivity index (χ4n) is 7.57. The summed E-state index contributed by atoms with van der Waals surface area (Å²) >= 11 is 0. The number of fused-ring (bicyclic) bond motifs is 9. The fraction of sp³-hybridized carbons (Fsp3) is 0.0244. The zero-order valence-corrected chi connectivity index (χ0v) is 24.3. The summed E-state index contributed by atoms with van der Waals surface area (Å²) in [7, 11) is 0. The molecule has 45 heavy (non-hydrogen) atoms. The Bertz CT molecular complexity index is 2340. The molecule has 0 amide bonds. The van der Waals surface area contributed by atoms with Gasteiger partial charge < -0.3 is 0 Å². The molecule has 6 aromatic carbocycles. The summed E-state index contributed by atoms with van der Waals surface area (Å²) < 4.78 is 4.61. The van der Waals surface area contributed by atoms with Crippen molar-refractivity contribution in [3.8, 4) is 22.8 Å². The Morgan fingerprint density at radius 1 is 0.378 bits per heavy atom. The lowest BCUT2D eigenvalue weighted by molar-refractivity contribution is 0.838. The molecule has 0 radical (unpaired) electrons. The van der Waals surface area contributed by atoms with E-state index in [1.54, 1.807) is 0 Å². The highest BCUT2D eigenvalue weighted by molar-refractivity contribution is 6.10. The smallest absolute Gasteiger partial charge is 0.145 e. The quantitative estimate of drug-likeness (QED) is 0.211. The molecule has 10 rings (SSSR count). The number of nitrogens with zero attached hydrogens (tertiary/aromatic N) is 4. The first-order valence-electron chi connectivity index (χ1n) is 15.4. The molecule has 4 nitrogen and oxygen atoms in total. The van der Waals surface area contributed by atoms with Gasteiger partial charge >= 0.3 is 0 Å². The van der Waals surface area contributed by atoms with Crippen LogP contribution in [0.1, 0.15) is 22.9 Å². The molecule has 0 fully saturated rings. The summed E-state index contributed by atoms with van der Waals surface area (Å²) in [6, 6.07) is 54.0. The maximum atomic E-state index is 5.46. The van der Waals surface area contributed by atoms with Crippen molar-refractivity contribution >= 4 is 43.6 Å². The molecule has 0 saturated carbocycles. The fourth-order valence-corrected chi connectivity index (χ4v) is 7.57. The summed E-state index contributed by atoms with van der Waals surface area (Å²) in [5.41, 5.74) is 9.50. The first-order valence-corrected chi connectivity index (χ1v) is 15.4. The minimum Gasteiger partial charge on any atom is -0.294 e. The molecule has 0 bridgehead atoms. The van der Waals surface area contributed by atoms with E-state index in [-0.39, 0.29) is 5.92 Å². The third-order valence-electron chi connectivity index (χ3n) is 9.43. The van der Waals surface area contributed by atoms with Crippen molar-refractivity contribution in [3.63, 3.8) is 0 Å². The van der Waals surface area contributed by atoms with Crippen LogP contribution in [0.3, 0.4) is 0 Å². The van der Waals surface area contributed by atoms with Crippen LogP contribution in [-0.2, 0) is 0 Å². The van der Waals surface area contributed by atoms with Crippen molar-refractivity contribution in [2.75, 3.05) is 0 Å². The van der Waals surface area contributed by atoms with Crippen LogP contribution in [0.2, 0.25) is 0 Å². The van der Waals surface area contributed by atoms with E-state index in [4.69, 9.17) is 9.97 Å². The van der Waals surface area contributed by atoms with Gasteiger partial charge in [0.05, 0.1) is 28.0 Å². The van der Waals surface area contributed by atoms with Gasteiger partial charge in [0, 0.05) is 27.6 Å². The normalized spacial score (nSPS) is 12.8. The molecular formula is C41H26N4. The lowest BCUT2D eigenvalue weighted by atomic mass is 9.96.